The van der Waals surface area contributed by atoms with Gasteiger partial charge in [0.05, 0.1) is 41.0 Å². The lowest BCUT2D eigenvalue weighted by Crippen LogP contribution is -2.29. The van der Waals surface area contributed by atoms with E-state index in [1.54, 1.807) is 36.5 Å². The maximum Gasteiger partial charge on any atom is 0.232 e. The zero-order valence-corrected chi connectivity index (χ0v) is 19.1. The van der Waals surface area contributed by atoms with Gasteiger partial charge in [-0.2, -0.15) is 0 Å². The van der Waals surface area contributed by atoms with E-state index in [0.29, 0.717) is 40.7 Å². The second-order valence-electron chi connectivity index (χ2n) is 7.00. The summed E-state index contributed by atoms with van der Waals surface area (Å²) < 4.78 is 5.55. The third kappa shape index (κ3) is 5.73. The highest BCUT2D eigenvalue weighted by atomic mass is 35.5. The van der Waals surface area contributed by atoms with Gasteiger partial charge in [0.2, 0.25) is 11.8 Å². The molecular formula is C22H18Cl3N5O2. The van der Waals surface area contributed by atoms with Crippen molar-refractivity contribution in [1.29, 1.82) is 0 Å². The van der Waals surface area contributed by atoms with Crippen molar-refractivity contribution in [3.8, 4) is 5.88 Å². The zero-order valence-electron chi connectivity index (χ0n) is 16.8. The summed E-state index contributed by atoms with van der Waals surface area (Å²) in [6.45, 7) is 1.85. The molecule has 0 radical (unpaired) electrons. The van der Waals surface area contributed by atoms with Gasteiger partial charge in [0, 0.05) is 23.0 Å². The van der Waals surface area contributed by atoms with Gasteiger partial charge in [-0.05, 0) is 42.8 Å². The van der Waals surface area contributed by atoms with Crippen molar-refractivity contribution in [2.24, 2.45) is 0 Å². The number of carbonyl (C=O) groups is 1. The van der Waals surface area contributed by atoms with Crippen molar-refractivity contribution >= 4 is 62.8 Å². The lowest BCUT2D eigenvalue weighted by molar-refractivity contribution is -0.128. The van der Waals surface area contributed by atoms with Gasteiger partial charge in [0.15, 0.2) is 0 Å². The first-order valence-electron chi connectivity index (χ1n) is 9.88. The van der Waals surface area contributed by atoms with Gasteiger partial charge in [0.25, 0.3) is 0 Å². The second-order valence-corrected chi connectivity index (χ2v) is 8.26. The van der Waals surface area contributed by atoms with Crippen LogP contribution < -0.4 is 4.74 Å². The molecule has 0 atom stereocenters. The minimum Gasteiger partial charge on any atom is -0.475 e. The molecule has 164 valence electrons. The van der Waals surface area contributed by atoms with Crippen LogP contribution in [0.15, 0.2) is 48.8 Å². The lowest BCUT2D eigenvalue weighted by Gasteiger charge is -2.15. The Morgan fingerprint density at radius 1 is 0.875 bits per heavy atom. The molecule has 1 aliphatic heterocycles. The molecule has 7 nitrogen and oxygen atoms in total. The number of carbonyl (C=O) groups excluding carboxylic acids is 1. The maximum absolute atomic E-state index is 11.5. The number of hydrogen-bond acceptors (Lipinski definition) is 6. The van der Waals surface area contributed by atoms with Crippen molar-refractivity contribution in [2.75, 3.05) is 19.7 Å². The van der Waals surface area contributed by atoms with Crippen LogP contribution in [-0.2, 0) is 4.79 Å². The van der Waals surface area contributed by atoms with Crippen LogP contribution in [0, 0.1) is 0 Å². The van der Waals surface area contributed by atoms with Crippen LogP contribution in [-0.4, -0.2) is 50.4 Å². The molecule has 32 heavy (non-hydrogen) atoms. The number of amides is 1. The maximum atomic E-state index is 11.5. The summed E-state index contributed by atoms with van der Waals surface area (Å²) in [5, 5.41) is 1.68. The number of aromatic nitrogens is 4. The van der Waals surface area contributed by atoms with Crippen LogP contribution in [0.3, 0.4) is 0 Å². The van der Waals surface area contributed by atoms with E-state index in [9.17, 15) is 4.79 Å². The van der Waals surface area contributed by atoms with Gasteiger partial charge >= 0.3 is 0 Å². The SMILES string of the molecule is Clc1ccc2nc(Cl)cnc2c1.O=C1CCCN1CCOc1cnc2cc(Cl)ccc2n1. The highest BCUT2D eigenvalue weighted by molar-refractivity contribution is 6.31. The minimum atomic E-state index is 0.202. The van der Waals surface area contributed by atoms with Crippen LogP contribution in [0.25, 0.3) is 22.1 Å². The summed E-state index contributed by atoms with van der Waals surface area (Å²) in [6.07, 6.45) is 4.66. The monoisotopic (exact) mass is 489 g/mol. The molecule has 1 saturated heterocycles. The zero-order chi connectivity index (χ0) is 22.5. The fraction of sp³-hybridized carbons (Fsp3) is 0.227. The summed E-state index contributed by atoms with van der Waals surface area (Å²) in [4.78, 5) is 30.0. The molecule has 0 aliphatic carbocycles. The van der Waals surface area contributed by atoms with E-state index in [1.807, 2.05) is 11.0 Å². The Morgan fingerprint density at radius 3 is 2.19 bits per heavy atom. The van der Waals surface area contributed by atoms with Crippen LogP contribution in [0.4, 0.5) is 0 Å². The van der Waals surface area contributed by atoms with E-state index in [1.165, 1.54) is 6.20 Å². The van der Waals surface area contributed by atoms with E-state index >= 15 is 0 Å². The Balaban J connectivity index is 0.000000174. The third-order valence-corrected chi connectivity index (χ3v) is 5.39. The number of hydrogen-bond donors (Lipinski definition) is 0. The summed E-state index contributed by atoms with van der Waals surface area (Å²) in [7, 11) is 0. The van der Waals surface area contributed by atoms with Gasteiger partial charge in [-0.3, -0.25) is 9.78 Å². The highest BCUT2D eigenvalue weighted by Gasteiger charge is 2.19. The van der Waals surface area contributed by atoms with E-state index in [0.717, 1.165) is 35.0 Å². The Morgan fingerprint density at radius 2 is 1.53 bits per heavy atom. The average molecular weight is 491 g/mol. The normalized spacial score (nSPS) is 13.3. The first-order chi connectivity index (χ1) is 15.5. The molecule has 1 amide bonds. The molecule has 0 unspecified atom stereocenters. The van der Waals surface area contributed by atoms with Gasteiger partial charge < -0.3 is 9.64 Å². The molecule has 1 aliphatic rings. The predicted octanol–water partition coefficient (Wildman–Crippen LogP) is 5.22. The standard InChI is InChI=1S/C14H14ClN3O2.C8H4Cl2N2/c15-10-3-4-11-12(8-10)16-9-13(17-11)20-7-6-18-5-1-2-14(18)19;9-5-1-2-6-7(3-5)11-4-8(10)12-6/h3-4,8-9H,1-2,5-7H2;1-4H. The number of nitrogens with zero attached hydrogens (tertiary/aromatic N) is 5. The first-order valence-corrected chi connectivity index (χ1v) is 11.0. The number of halogens is 3. The fourth-order valence-corrected chi connectivity index (χ4v) is 3.67. The molecule has 0 bridgehead atoms. The van der Waals surface area contributed by atoms with Crippen LogP contribution >= 0.6 is 34.8 Å². The van der Waals surface area contributed by atoms with Crippen molar-refractivity contribution in [2.45, 2.75) is 12.8 Å². The molecule has 0 spiro atoms. The molecule has 10 heteroatoms. The third-order valence-electron chi connectivity index (χ3n) is 4.74. The molecule has 0 saturated carbocycles. The van der Waals surface area contributed by atoms with Crippen molar-refractivity contribution in [3.63, 3.8) is 0 Å². The van der Waals surface area contributed by atoms with Crippen LogP contribution in [0.2, 0.25) is 15.2 Å². The predicted molar refractivity (Wildman–Crippen MR) is 125 cm³/mol. The molecule has 5 rings (SSSR count). The van der Waals surface area contributed by atoms with Crippen LogP contribution in [0.5, 0.6) is 5.88 Å². The summed E-state index contributed by atoms with van der Waals surface area (Å²) >= 11 is 17.3. The summed E-state index contributed by atoms with van der Waals surface area (Å²) in [5.41, 5.74) is 2.99. The highest BCUT2D eigenvalue weighted by Crippen LogP contribution is 2.19. The number of fused-ring (bicyclic) bond motifs is 2. The number of rotatable bonds is 4. The lowest BCUT2D eigenvalue weighted by atomic mass is 10.3. The fourth-order valence-electron chi connectivity index (χ4n) is 3.20. The minimum absolute atomic E-state index is 0.202. The largest absolute Gasteiger partial charge is 0.475 e. The Labute approximate surface area is 199 Å². The topological polar surface area (TPSA) is 81.1 Å². The Kier molecular flexibility index (Phi) is 7.19. The van der Waals surface area contributed by atoms with Gasteiger partial charge in [0.1, 0.15) is 11.8 Å². The smallest absolute Gasteiger partial charge is 0.232 e. The Hall–Kier alpha value is -2.74. The first kappa shape index (κ1) is 22.5. The van der Waals surface area contributed by atoms with Gasteiger partial charge in [-0.25, -0.2) is 15.0 Å². The van der Waals surface area contributed by atoms with Crippen molar-refractivity contribution in [1.82, 2.24) is 24.8 Å². The van der Waals surface area contributed by atoms with E-state index < -0.39 is 0 Å². The second kappa shape index (κ2) is 10.3. The summed E-state index contributed by atoms with van der Waals surface area (Å²) in [6, 6.07) is 10.6. The van der Waals surface area contributed by atoms with E-state index in [4.69, 9.17) is 39.5 Å². The molecule has 4 aromatic rings. The molecule has 3 heterocycles. The number of likely N-dealkylation sites (tertiary alicyclic amines) is 1. The van der Waals surface area contributed by atoms with Gasteiger partial charge in [-0.1, -0.05) is 34.8 Å². The number of ether oxygens (including phenoxy) is 1. The molecule has 2 aromatic carbocycles. The van der Waals surface area contributed by atoms with E-state index in [2.05, 4.69) is 19.9 Å². The Bertz CT molecular complexity index is 1230. The van der Waals surface area contributed by atoms with Crippen molar-refractivity contribution in [3.05, 3.63) is 64.0 Å². The van der Waals surface area contributed by atoms with Crippen LogP contribution in [0.1, 0.15) is 12.8 Å². The van der Waals surface area contributed by atoms with Gasteiger partial charge in [-0.15, -0.1) is 0 Å². The summed E-state index contributed by atoms with van der Waals surface area (Å²) in [5.74, 6) is 0.666. The molecule has 1 fully saturated rings. The molecular weight excluding hydrogens is 473 g/mol. The number of benzene rings is 2. The van der Waals surface area contributed by atoms with E-state index in [-0.39, 0.29) is 5.91 Å². The molecule has 2 aromatic heterocycles. The quantitative estimate of drug-likeness (QED) is 0.390. The molecule has 0 N–H and O–H groups in total. The van der Waals surface area contributed by atoms with Crippen molar-refractivity contribution < 1.29 is 9.53 Å². The average Bonchev–Trinajstić information content (AvgIpc) is 3.19.